The van der Waals surface area contributed by atoms with Crippen molar-refractivity contribution in [1.29, 1.82) is 0 Å². The van der Waals surface area contributed by atoms with Crippen molar-refractivity contribution in [2.45, 2.75) is 19.0 Å². The number of amides is 1. The number of alkyl halides is 3. The van der Waals surface area contributed by atoms with Crippen LogP contribution in [-0.4, -0.2) is 53.1 Å². The van der Waals surface area contributed by atoms with Crippen LogP contribution in [0.15, 0.2) is 18.7 Å². The van der Waals surface area contributed by atoms with Crippen LogP contribution >= 0.6 is 0 Å². The monoisotopic (exact) mass is 302 g/mol. The number of carbonyl (C=O) groups excluding carboxylic acids is 1. The smallest absolute Gasteiger partial charge is 0.352 e. The molecule has 116 valence electrons. The Bertz CT molecular complexity index is 458. The predicted molar refractivity (Wildman–Crippen MR) is 69.6 cm³/mol. The van der Waals surface area contributed by atoms with E-state index in [4.69, 9.17) is 0 Å². The zero-order valence-corrected chi connectivity index (χ0v) is 11.4. The minimum Gasteiger partial charge on any atom is -0.352 e. The summed E-state index contributed by atoms with van der Waals surface area (Å²) in [6.07, 6.45) is 1.35. The molecule has 1 fully saturated rings. The molecular weight excluding hydrogens is 285 g/mol. The highest BCUT2D eigenvalue weighted by atomic mass is 19.4. The zero-order chi connectivity index (χ0) is 15.3. The first-order valence-electron chi connectivity index (χ1n) is 6.76. The van der Waals surface area contributed by atoms with E-state index in [1.165, 1.54) is 23.6 Å². The summed E-state index contributed by atoms with van der Waals surface area (Å²) in [6.45, 7) is 0.435. The van der Waals surface area contributed by atoms with Crippen LogP contribution in [0.2, 0.25) is 0 Å². The third-order valence-corrected chi connectivity index (χ3v) is 3.48. The topological polar surface area (TPSA) is 58.1 Å². The summed E-state index contributed by atoms with van der Waals surface area (Å²) in [5.41, 5.74) is 0.381. The van der Waals surface area contributed by atoms with Crippen molar-refractivity contribution in [3.8, 4) is 0 Å². The third kappa shape index (κ3) is 5.30. The summed E-state index contributed by atoms with van der Waals surface area (Å²) < 4.78 is 36.8. The minimum absolute atomic E-state index is 0.211. The van der Waals surface area contributed by atoms with Gasteiger partial charge in [-0.2, -0.15) is 13.2 Å². The molecule has 2 heterocycles. The van der Waals surface area contributed by atoms with E-state index in [1.807, 2.05) is 0 Å². The van der Waals surface area contributed by atoms with Gasteiger partial charge in [-0.1, -0.05) is 0 Å². The number of nitrogens with zero attached hydrogens (tertiary/aromatic N) is 3. The van der Waals surface area contributed by atoms with Gasteiger partial charge in [-0.05, 0) is 31.8 Å². The van der Waals surface area contributed by atoms with Crippen LogP contribution in [0.1, 0.15) is 23.2 Å². The van der Waals surface area contributed by atoms with Crippen LogP contribution in [0, 0.1) is 5.92 Å². The number of likely N-dealkylation sites (tertiary alicyclic amines) is 1. The third-order valence-electron chi connectivity index (χ3n) is 3.48. The van der Waals surface area contributed by atoms with E-state index in [9.17, 15) is 18.0 Å². The summed E-state index contributed by atoms with van der Waals surface area (Å²) in [6, 6.07) is 0. The maximum Gasteiger partial charge on any atom is 0.401 e. The standard InChI is InChI=1S/C13H17F3N4O/c14-13(15,16)8-20-3-1-10(2-4-20)5-19-12(21)11-6-17-9-18-7-11/h6-7,9-10H,1-5,8H2,(H,19,21). The summed E-state index contributed by atoms with van der Waals surface area (Å²) in [5.74, 6) is -0.0450. The molecule has 0 spiro atoms. The number of nitrogens with one attached hydrogen (secondary N) is 1. The van der Waals surface area contributed by atoms with Gasteiger partial charge in [0.2, 0.25) is 0 Å². The fourth-order valence-corrected chi connectivity index (χ4v) is 2.36. The van der Waals surface area contributed by atoms with E-state index >= 15 is 0 Å². The molecule has 0 radical (unpaired) electrons. The molecule has 1 aliphatic rings. The van der Waals surface area contributed by atoms with E-state index in [2.05, 4.69) is 15.3 Å². The molecule has 5 nitrogen and oxygen atoms in total. The second-order valence-corrected chi connectivity index (χ2v) is 5.17. The number of aromatic nitrogens is 2. The van der Waals surface area contributed by atoms with Crippen molar-refractivity contribution >= 4 is 5.91 Å². The largest absolute Gasteiger partial charge is 0.401 e. The van der Waals surface area contributed by atoms with Gasteiger partial charge in [-0.25, -0.2) is 9.97 Å². The SMILES string of the molecule is O=C(NCC1CCN(CC(F)(F)F)CC1)c1cncnc1. The van der Waals surface area contributed by atoms with Gasteiger partial charge >= 0.3 is 6.18 Å². The van der Waals surface area contributed by atoms with Crippen LogP contribution in [0.5, 0.6) is 0 Å². The van der Waals surface area contributed by atoms with Gasteiger partial charge in [-0.3, -0.25) is 9.69 Å². The lowest BCUT2D eigenvalue weighted by Gasteiger charge is -2.32. The Morgan fingerprint density at radius 2 is 1.90 bits per heavy atom. The maximum absolute atomic E-state index is 12.3. The molecule has 8 heteroatoms. The van der Waals surface area contributed by atoms with Gasteiger partial charge in [0.05, 0.1) is 12.1 Å². The highest BCUT2D eigenvalue weighted by molar-refractivity contribution is 5.93. The van der Waals surface area contributed by atoms with E-state index in [-0.39, 0.29) is 11.8 Å². The fourth-order valence-electron chi connectivity index (χ4n) is 2.36. The Morgan fingerprint density at radius 3 is 2.48 bits per heavy atom. The van der Waals surface area contributed by atoms with Crippen molar-refractivity contribution in [2.24, 2.45) is 5.92 Å². The first-order valence-corrected chi connectivity index (χ1v) is 6.76. The minimum atomic E-state index is -4.14. The van der Waals surface area contributed by atoms with E-state index in [0.29, 0.717) is 38.0 Å². The Morgan fingerprint density at radius 1 is 1.29 bits per heavy atom. The molecule has 1 N–H and O–H groups in total. The van der Waals surface area contributed by atoms with Crippen molar-refractivity contribution < 1.29 is 18.0 Å². The van der Waals surface area contributed by atoms with Gasteiger partial charge in [-0.15, -0.1) is 0 Å². The Balaban J connectivity index is 1.71. The average molecular weight is 302 g/mol. The van der Waals surface area contributed by atoms with Gasteiger partial charge in [0.15, 0.2) is 0 Å². The molecular formula is C13H17F3N4O. The van der Waals surface area contributed by atoms with Crippen molar-refractivity contribution in [1.82, 2.24) is 20.2 Å². The molecule has 1 aliphatic heterocycles. The lowest BCUT2D eigenvalue weighted by molar-refractivity contribution is -0.148. The highest BCUT2D eigenvalue weighted by Crippen LogP contribution is 2.22. The quantitative estimate of drug-likeness (QED) is 0.915. The summed E-state index contributed by atoms with van der Waals surface area (Å²) in [5, 5.41) is 2.77. The molecule has 0 unspecified atom stereocenters. The normalized spacial score (nSPS) is 17.7. The Labute approximate surface area is 120 Å². The first kappa shape index (κ1) is 15.7. The fraction of sp³-hybridized carbons (Fsp3) is 0.615. The number of rotatable bonds is 4. The molecule has 1 saturated heterocycles. The zero-order valence-electron chi connectivity index (χ0n) is 11.4. The molecule has 1 aromatic rings. The van der Waals surface area contributed by atoms with Crippen molar-refractivity contribution in [3.05, 3.63) is 24.3 Å². The summed E-state index contributed by atoms with van der Waals surface area (Å²) in [4.78, 5) is 20.7. The van der Waals surface area contributed by atoms with Crippen molar-refractivity contribution in [2.75, 3.05) is 26.2 Å². The number of carbonyl (C=O) groups is 1. The number of hydrogen-bond acceptors (Lipinski definition) is 4. The van der Waals surface area contributed by atoms with Gasteiger partial charge < -0.3 is 5.32 Å². The second-order valence-electron chi connectivity index (χ2n) is 5.17. The molecule has 1 amide bonds. The molecule has 1 aromatic heterocycles. The first-order chi connectivity index (χ1) is 9.94. The number of piperidine rings is 1. The van der Waals surface area contributed by atoms with Crippen LogP contribution in [0.4, 0.5) is 13.2 Å². The summed E-state index contributed by atoms with van der Waals surface area (Å²) in [7, 11) is 0. The average Bonchev–Trinajstić information content (AvgIpc) is 2.45. The van der Waals surface area contributed by atoms with Crippen LogP contribution in [0.25, 0.3) is 0 Å². The summed E-state index contributed by atoms with van der Waals surface area (Å²) >= 11 is 0. The van der Waals surface area contributed by atoms with Crippen LogP contribution in [0.3, 0.4) is 0 Å². The maximum atomic E-state index is 12.3. The van der Waals surface area contributed by atoms with Crippen LogP contribution < -0.4 is 5.32 Å². The second kappa shape index (κ2) is 6.84. The molecule has 2 rings (SSSR count). The van der Waals surface area contributed by atoms with Crippen molar-refractivity contribution in [3.63, 3.8) is 0 Å². The molecule has 21 heavy (non-hydrogen) atoms. The van der Waals surface area contributed by atoms with Crippen LogP contribution in [-0.2, 0) is 0 Å². The Hall–Kier alpha value is -1.70. The van der Waals surface area contributed by atoms with E-state index < -0.39 is 12.7 Å². The van der Waals surface area contributed by atoms with Gasteiger partial charge in [0, 0.05) is 18.9 Å². The number of halogens is 3. The molecule has 0 aliphatic carbocycles. The Kier molecular flexibility index (Phi) is 5.11. The highest BCUT2D eigenvalue weighted by Gasteiger charge is 2.32. The lowest BCUT2D eigenvalue weighted by Crippen LogP contribution is -2.42. The van der Waals surface area contributed by atoms with Gasteiger partial charge in [0.25, 0.3) is 5.91 Å². The van der Waals surface area contributed by atoms with E-state index in [0.717, 1.165) is 0 Å². The molecule has 0 bridgehead atoms. The number of hydrogen-bond donors (Lipinski definition) is 1. The van der Waals surface area contributed by atoms with Gasteiger partial charge in [0.1, 0.15) is 6.33 Å². The molecule has 0 atom stereocenters. The van der Waals surface area contributed by atoms with E-state index in [1.54, 1.807) is 0 Å². The molecule has 0 aromatic carbocycles. The molecule has 0 saturated carbocycles. The lowest BCUT2D eigenvalue weighted by atomic mass is 9.96. The predicted octanol–water partition coefficient (Wildman–Crippen LogP) is 1.48.